The highest BCUT2D eigenvalue weighted by Crippen LogP contribution is 2.30. The van der Waals surface area contributed by atoms with E-state index in [0.717, 1.165) is 41.7 Å². The average molecular weight is 293 g/mol. The Morgan fingerprint density at radius 3 is 2.91 bits per heavy atom. The van der Waals surface area contributed by atoms with Gasteiger partial charge in [0.05, 0.1) is 24.1 Å². The van der Waals surface area contributed by atoms with Gasteiger partial charge >= 0.3 is 0 Å². The van der Waals surface area contributed by atoms with Crippen molar-refractivity contribution in [2.45, 2.75) is 26.2 Å². The van der Waals surface area contributed by atoms with Gasteiger partial charge in [-0.25, -0.2) is 9.97 Å². The summed E-state index contributed by atoms with van der Waals surface area (Å²) in [6, 6.07) is 4.34. The summed E-state index contributed by atoms with van der Waals surface area (Å²) in [6.45, 7) is 2.12. The van der Waals surface area contributed by atoms with Crippen molar-refractivity contribution in [3.05, 3.63) is 41.5 Å². The topological polar surface area (TPSA) is 57.7 Å². The monoisotopic (exact) mass is 293 g/mol. The molecule has 0 saturated carbocycles. The van der Waals surface area contributed by atoms with Crippen molar-refractivity contribution in [3.8, 4) is 6.07 Å². The molecule has 0 amide bonds. The predicted molar refractivity (Wildman–Crippen MR) is 87.2 cm³/mol. The third-order valence-corrected chi connectivity index (χ3v) is 4.22. The number of pyridine rings is 1. The molecule has 0 spiro atoms. The van der Waals surface area contributed by atoms with Gasteiger partial charge in [0.2, 0.25) is 0 Å². The summed E-state index contributed by atoms with van der Waals surface area (Å²) in [5, 5.41) is 9.09. The molecule has 22 heavy (non-hydrogen) atoms. The van der Waals surface area contributed by atoms with Gasteiger partial charge in [-0.1, -0.05) is 6.92 Å². The summed E-state index contributed by atoms with van der Waals surface area (Å²) in [4.78, 5) is 11.0. The second kappa shape index (κ2) is 5.64. The van der Waals surface area contributed by atoms with Gasteiger partial charge in [0.25, 0.3) is 0 Å². The van der Waals surface area contributed by atoms with Crippen LogP contribution in [0.3, 0.4) is 0 Å². The number of nitrogens with zero attached hydrogens (tertiary/aromatic N) is 5. The first-order chi connectivity index (χ1) is 10.6. The number of rotatable bonds is 3. The van der Waals surface area contributed by atoms with Crippen LogP contribution in [0, 0.1) is 11.3 Å². The second-order valence-electron chi connectivity index (χ2n) is 5.55. The van der Waals surface area contributed by atoms with E-state index in [4.69, 9.17) is 5.26 Å². The number of anilines is 1. The van der Waals surface area contributed by atoms with Crippen LogP contribution in [0.5, 0.6) is 0 Å². The Morgan fingerprint density at radius 1 is 1.36 bits per heavy atom. The quantitative estimate of drug-likeness (QED) is 0.871. The lowest BCUT2D eigenvalue weighted by atomic mass is 9.95. The van der Waals surface area contributed by atoms with Gasteiger partial charge < -0.3 is 9.47 Å². The van der Waals surface area contributed by atoms with Crippen LogP contribution in [0.1, 0.15) is 26.2 Å². The fraction of sp³-hybridized carbons (Fsp3) is 0.353. The summed E-state index contributed by atoms with van der Waals surface area (Å²) in [6.07, 6.45) is 8.23. The minimum absolute atomic E-state index is 0.799. The van der Waals surface area contributed by atoms with Gasteiger partial charge in [-0.2, -0.15) is 5.26 Å². The number of imidazole rings is 1. The van der Waals surface area contributed by atoms with Crippen LogP contribution in [0.15, 0.2) is 41.5 Å². The molecule has 1 aliphatic rings. The van der Waals surface area contributed by atoms with Crippen molar-refractivity contribution in [2.75, 3.05) is 11.9 Å². The van der Waals surface area contributed by atoms with E-state index in [1.807, 2.05) is 30.9 Å². The molecular weight excluding hydrogens is 274 g/mol. The average Bonchev–Trinajstić information content (AvgIpc) is 2.94. The smallest absolute Gasteiger partial charge is 0.134 e. The molecule has 0 aromatic carbocycles. The minimum atomic E-state index is 0.799. The van der Waals surface area contributed by atoms with Crippen LogP contribution in [-0.4, -0.2) is 21.6 Å². The molecular formula is C17H19N5. The molecule has 2 aromatic heterocycles. The molecule has 0 bridgehead atoms. The molecule has 5 heteroatoms. The zero-order chi connectivity index (χ0) is 15.7. The van der Waals surface area contributed by atoms with Crippen LogP contribution in [0.25, 0.3) is 11.0 Å². The van der Waals surface area contributed by atoms with Gasteiger partial charge in [-0.3, -0.25) is 0 Å². The Morgan fingerprint density at radius 2 is 2.18 bits per heavy atom. The Kier molecular flexibility index (Phi) is 3.68. The van der Waals surface area contributed by atoms with Crippen molar-refractivity contribution in [3.63, 3.8) is 0 Å². The highest BCUT2D eigenvalue weighted by Gasteiger charge is 2.18. The second-order valence-corrected chi connectivity index (χ2v) is 5.55. The molecule has 1 aliphatic carbocycles. The van der Waals surface area contributed by atoms with Crippen molar-refractivity contribution in [1.29, 1.82) is 5.26 Å². The van der Waals surface area contributed by atoms with E-state index in [-0.39, 0.29) is 0 Å². The van der Waals surface area contributed by atoms with Crippen molar-refractivity contribution < 1.29 is 0 Å². The summed E-state index contributed by atoms with van der Waals surface area (Å²) in [5.41, 5.74) is 5.30. The summed E-state index contributed by atoms with van der Waals surface area (Å²) in [5.74, 6) is 0.908. The molecule has 2 aromatic rings. The van der Waals surface area contributed by atoms with Gasteiger partial charge in [0.1, 0.15) is 11.3 Å². The first-order valence-electron chi connectivity index (χ1n) is 7.47. The molecule has 0 radical (unpaired) electrons. The normalized spacial score (nSPS) is 14.9. The lowest BCUT2D eigenvalue weighted by molar-refractivity contribution is 0.832. The molecule has 0 unspecified atom stereocenters. The van der Waals surface area contributed by atoms with Crippen LogP contribution < -0.4 is 4.90 Å². The first kappa shape index (κ1) is 14.3. The maximum Gasteiger partial charge on any atom is 0.134 e. The number of nitriles is 1. The van der Waals surface area contributed by atoms with E-state index in [2.05, 4.69) is 33.9 Å². The molecule has 3 rings (SSSR count). The highest BCUT2D eigenvalue weighted by atomic mass is 15.2. The van der Waals surface area contributed by atoms with Crippen molar-refractivity contribution in [2.24, 2.45) is 7.05 Å². The van der Waals surface area contributed by atoms with Gasteiger partial charge in [0.15, 0.2) is 0 Å². The van der Waals surface area contributed by atoms with Crippen molar-refractivity contribution in [1.82, 2.24) is 14.5 Å². The summed E-state index contributed by atoms with van der Waals surface area (Å²) >= 11 is 0. The van der Waals surface area contributed by atoms with Crippen LogP contribution in [0.2, 0.25) is 0 Å². The Balaban J connectivity index is 2.03. The number of fused-ring (bicyclic) bond motifs is 1. The zero-order valence-corrected chi connectivity index (χ0v) is 13.2. The standard InChI is InChI=1S/C17H19N5/c1-4-13-7-12(9-18)5-6-15(13)22(3)17-8-16-14(10-19-17)20-11-21(16)2/h7-8,10-11H,4-6H2,1-3H3. The number of allylic oxidation sites excluding steroid dienone is 4. The van der Waals surface area contributed by atoms with Crippen LogP contribution in [-0.2, 0) is 7.05 Å². The molecule has 0 fully saturated rings. The largest absolute Gasteiger partial charge is 0.334 e. The Labute approximate surface area is 130 Å². The maximum atomic E-state index is 9.09. The molecule has 0 N–H and O–H groups in total. The van der Waals surface area contributed by atoms with E-state index >= 15 is 0 Å². The number of hydrogen-bond donors (Lipinski definition) is 0. The third kappa shape index (κ3) is 2.37. The number of aryl methyl sites for hydroxylation is 1. The van der Waals surface area contributed by atoms with Gasteiger partial charge in [0, 0.05) is 31.4 Å². The predicted octanol–water partition coefficient (Wildman–Crippen LogP) is 3.31. The molecule has 0 aliphatic heterocycles. The highest BCUT2D eigenvalue weighted by molar-refractivity contribution is 5.77. The molecule has 0 atom stereocenters. The van der Waals surface area contributed by atoms with Crippen LogP contribution >= 0.6 is 0 Å². The van der Waals surface area contributed by atoms with Crippen molar-refractivity contribution >= 4 is 16.9 Å². The maximum absolute atomic E-state index is 9.09. The van der Waals surface area contributed by atoms with Crippen LogP contribution in [0.4, 0.5) is 5.82 Å². The minimum Gasteiger partial charge on any atom is -0.334 e. The molecule has 5 nitrogen and oxygen atoms in total. The fourth-order valence-corrected chi connectivity index (χ4v) is 2.90. The Bertz CT molecular complexity index is 819. The SMILES string of the molecule is CCC1=C(N(C)c2cc3c(cn2)ncn3C)CCC(C#N)=C1. The van der Waals surface area contributed by atoms with E-state index in [0.29, 0.717) is 0 Å². The fourth-order valence-electron chi connectivity index (χ4n) is 2.90. The van der Waals surface area contributed by atoms with E-state index in [1.165, 1.54) is 11.3 Å². The first-order valence-corrected chi connectivity index (χ1v) is 7.47. The Hall–Kier alpha value is -2.61. The van der Waals surface area contributed by atoms with E-state index < -0.39 is 0 Å². The third-order valence-electron chi connectivity index (χ3n) is 4.22. The van der Waals surface area contributed by atoms with Gasteiger partial charge in [-0.05, 0) is 30.9 Å². The molecule has 2 heterocycles. The lowest BCUT2D eigenvalue weighted by Crippen LogP contribution is -2.21. The number of aromatic nitrogens is 3. The summed E-state index contributed by atoms with van der Waals surface area (Å²) in [7, 11) is 4.03. The van der Waals surface area contributed by atoms with Gasteiger partial charge in [-0.15, -0.1) is 0 Å². The molecule has 0 saturated heterocycles. The summed E-state index contributed by atoms with van der Waals surface area (Å²) < 4.78 is 2.00. The number of hydrogen-bond acceptors (Lipinski definition) is 4. The van der Waals surface area contributed by atoms with E-state index in [1.54, 1.807) is 6.33 Å². The lowest BCUT2D eigenvalue weighted by Gasteiger charge is -2.27. The van der Waals surface area contributed by atoms with E-state index in [9.17, 15) is 0 Å². The zero-order valence-electron chi connectivity index (χ0n) is 13.2. The molecule has 112 valence electrons.